The number of nitrogens with one attached hydrogen (secondary N) is 3. The molecule has 0 bridgehead atoms. The van der Waals surface area contributed by atoms with Crippen LogP contribution in [0.3, 0.4) is 0 Å². The third kappa shape index (κ3) is 3.80. The summed E-state index contributed by atoms with van der Waals surface area (Å²) < 4.78 is 0.932. The number of thiocarbonyl (C=S) groups is 1. The van der Waals surface area contributed by atoms with Crippen molar-refractivity contribution in [1.29, 1.82) is 0 Å². The van der Waals surface area contributed by atoms with Crippen LogP contribution in [-0.4, -0.2) is 26.6 Å². The third-order valence-corrected chi connectivity index (χ3v) is 3.77. The van der Waals surface area contributed by atoms with Crippen molar-refractivity contribution in [1.82, 2.24) is 20.3 Å². The molecule has 0 saturated heterocycles. The lowest BCUT2D eigenvalue weighted by molar-refractivity contribution is 0.831. The molecule has 3 N–H and O–H groups in total. The predicted molar refractivity (Wildman–Crippen MR) is 96.0 cm³/mol. The van der Waals surface area contributed by atoms with E-state index in [2.05, 4.69) is 41.5 Å². The Labute approximate surface area is 141 Å². The van der Waals surface area contributed by atoms with E-state index in [1.165, 1.54) is 0 Å². The number of aromatic amines is 1. The second-order valence-electron chi connectivity index (χ2n) is 4.69. The van der Waals surface area contributed by atoms with E-state index in [1.807, 2.05) is 36.4 Å². The molecule has 0 amide bonds. The molecule has 1 aromatic carbocycles. The summed E-state index contributed by atoms with van der Waals surface area (Å²) in [5.74, 6) is 1.66. The Kier molecular flexibility index (Phi) is 4.65. The number of aromatic nitrogens is 3. The van der Waals surface area contributed by atoms with Crippen molar-refractivity contribution in [3.8, 4) is 0 Å². The summed E-state index contributed by atoms with van der Waals surface area (Å²) in [6.45, 7) is 0.697. The monoisotopic (exact) mass is 375 g/mol. The summed E-state index contributed by atoms with van der Waals surface area (Å²) in [7, 11) is 0. The minimum absolute atomic E-state index is 0.547. The van der Waals surface area contributed by atoms with Crippen LogP contribution in [0.5, 0.6) is 0 Å². The highest BCUT2D eigenvalue weighted by atomic mass is 79.9. The second-order valence-corrected chi connectivity index (χ2v) is 6.02. The fourth-order valence-corrected chi connectivity index (χ4v) is 2.47. The van der Waals surface area contributed by atoms with Crippen LogP contribution in [0.25, 0.3) is 11.0 Å². The van der Waals surface area contributed by atoms with Gasteiger partial charge in [-0.1, -0.05) is 12.1 Å². The summed E-state index contributed by atoms with van der Waals surface area (Å²) in [5.41, 5.74) is 2.04. The van der Waals surface area contributed by atoms with Gasteiger partial charge in [0.25, 0.3) is 0 Å². The van der Waals surface area contributed by atoms with Gasteiger partial charge in [0.2, 0.25) is 0 Å². The smallest absolute Gasteiger partial charge is 0.171 e. The van der Waals surface area contributed by atoms with Gasteiger partial charge in [0.1, 0.15) is 11.6 Å². The summed E-state index contributed by atoms with van der Waals surface area (Å²) in [5, 5.41) is 6.73. The number of H-pyrrole nitrogens is 1. The number of benzene rings is 1. The van der Waals surface area contributed by atoms with Gasteiger partial charge in [0.05, 0.1) is 11.0 Å². The molecule has 7 heteroatoms. The molecule has 0 radical (unpaired) electrons. The van der Waals surface area contributed by atoms with Crippen molar-refractivity contribution in [2.75, 3.05) is 11.9 Å². The first kappa shape index (κ1) is 14.9. The number of anilines is 1. The number of imidazole rings is 1. The topological polar surface area (TPSA) is 65.6 Å². The van der Waals surface area contributed by atoms with Crippen LogP contribution in [0.15, 0.2) is 47.1 Å². The first-order valence-corrected chi connectivity index (χ1v) is 8.01. The van der Waals surface area contributed by atoms with Crippen molar-refractivity contribution in [3.63, 3.8) is 0 Å². The van der Waals surface area contributed by atoms with Gasteiger partial charge in [-0.25, -0.2) is 9.97 Å². The fourth-order valence-electron chi connectivity index (χ4n) is 2.03. The van der Waals surface area contributed by atoms with E-state index in [-0.39, 0.29) is 0 Å². The zero-order valence-electron chi connectivity index (χ0n) is 11.6. The quantitative estimate of drug-likeness (QED) is 0.610. The average molecular weight is 376 g/mol. The van der Waals surface area contributed by atoms with Crippen LogP contribution in [0.2, 0.25) is 0 Å². The maximum absolute atomic E-state index is 5.24. The first-order chi connectivity index (χ1) is 10.7. The van der Waals surface area contributed by atoms with Gasteiger partial charge < -0.3 is 15.6 Å². The Morgan fingerprint density at radius 2 is 2.09 bits per heavy atom. The molecule has 0 unspecified atom stereocenters. The van der Waals surface area contributed by atoms with Crippen molar-refractivity contribution in [2.45, 2.75) is 6.42 Å². The van der Waals surface area contributed by atoms with Crippen molar-refractivity contribution in [3.05, 3.63) is 52.9 Å². The van der Waals surface area contributed by atoms with Gasteiger partial charge >= 0.3 is 0 Å². The molecule has 2 heterocycles. The molecule has 0 aliphatic heterocycles. The molecular formula is C15H14BrN5S. The molecule has 3 rings (SSSR count). The van der Waals surface area contributed by atoms with E-state index in [1.54, 1.807) is 6.20 Å². The zero-order chi connectivity index (χ0) is 15.4. The highest BCUT2D eigenvalue weighted by Crippen LogP contribution is 2.11. The summed E-state index contributed by atoms with van der Waals surface area (Å²) >= 11 is 8.59. The van der Waals surface area contributed by atoms with Gasteiger partial charge in [0.15, 0.2) is 5.11 Å². The highest BCUT2D eigenvalue weighted by Gasteiger charge is 2.03. The Hall–Kier alpha value is -1.99. The molecule has 3 aromatic rings. The SMILES string of the molecule is S=C(NCCc1nc2ccccc2[nH]1)Nc1ccc(Br)cn1. The van der Waals surface area contributed by atoms with Crippen LogP contribution < -0.4 is 10.6 Å². The van der Waals surface area contributed by atoms with Gasteiger partial charge in [-0.3, -0.25) is 0 Å². The number of hydrogen-bond acceptors (Lipinski definition) is 3. The highest BCUT2D eigenvalue weighted by molar-refractivity contribution is 9.10. The molecule has 22 heavy (non-hydrogen) atoms. The van der Waals surface area contributed by atoms with Gasteiger partial charge in [0, 0.05) is 23.6 Å². The van der Waals surface area contributed by atoms with E-state index < -0.39 is 0 Å². The van der Waals surface area contributed by atoms with E-state index in [0.29, 0.717) is 17.5 Å². The largest absolute Gasteiger partial charge is 0.362 e. The molecule has 2 aromatic heterocycles. The molecule has 0 aliphatic rings. The third-order valence-electron chi connectivity index (χ3n) is 3.05. The van der Waals surface area contributed by atoms with Gasteiger partial charge in [-0.2, -0.15) is 0 Å². The summed E-state index contributed by atoms with van der Waals surface area (Å²) in [4.78, 5) is 12.0. The Morgan fingerprint density at radius 3 is 2.86 bits per heavy atom. The van der Waals surface area contributed by atoms with E-state index >= 15 is 0 Å². The number of pyridine rings is 1. The zero-order valence-corrected chi connectivity index (χ0v) is 14.0. The number of fused-ring (bicyclic) bond motifs is 1. The molecule has 112 valence electrons. The van der Waals surface area contributed by atoms with Crippen molar-refractivity contribution in [2.24, 2.45) is 0 Å². The number of hydrogen-bond donors (Lipinski definition) is 3. The van der Waals surface area contributed by atoms with Crippen LogP contribution in [0.4, 0.5) is 5.82 Å². The van der Waals surface area contributed by atoms with Crippen molar-refractivity contribution >= 4 is 50.1 Å². The second kappa shape index (κ2) is 6.85. The van der Waals surface area contributed by atoms with Crippen LogP contribution in [0.1, 0.15) is 5.82 Å². The molecular weight excluding hydrogens is 362 g/mol. The lowest BCUT2D eigenvalue weighted by Gasteiger charge is -2.09. The van der Waals surface area contributed by atoms with Crippen LogP contribution in [0, 0.1) is 0 Å². The minimum Gasteiger partial charge on any atom is -0.362 e. The number of nitrogens with zero attached hydrogens (tertiary/aromatic N) is 2. The lowest BCUT2D eigenvalue weighted by Crippen LogP contribution is -2.30. The standard InChI is InChI=1S/C15H14BrN5S/c16-10-5-6-13(18-9-10)21-15(22)17-8-7-14-19-11-3-1-2-4-12(11)20-14/h1-6,9H,7-8H2,(H,19,20)(H2,17,18,21,22). The molecule has 5 nitrogen and oxygen atoms in total. The maximum Gasteiger partial charge on any atom is 0.171 e. The number of rotatable bonds is 4. The van der Waals surface area contributed by atoms with Gasteiger partial charge in [-0.05, 0) is 52.4 Å². The average Bonchev–Trinajstić information content (AvgIpc) is 2.92. The molecule has 0 fully saturated rings. The predicted octanol–water partition coefficient (Wildman–Crippen LogP) is 3.25. The number of para-hydroxylation sites is 2. The minimum atomic E-state index is 0.547. The molecule has 0 aliphatic carbocycles. The van der Waals surface area contributed by atoms with Gasteiger partial charge in [-0.15, -0.1) is 0 Å². The lowest BCUT2D eigenvalue weighted by atomic mass is 10.3. The maximum atomic E-state index is 5.24. The Bertz CT molecular complexity index is 751. The fraction of sp³-hybridized carbons (Fsp3) is 0.133. The molecule has 0 spiro atoms. The Balaban J connectivity index is 1.49. The van der Waals surface area contributed by atoms with Crippen LogP contribution >= 0.6 is 28.1 Å². The van der Waals surface area contributed by atoms with E-state index in [0.717, 1.165) is 27.8 Å². The number of halogens is 1. The first-order valence-electron chi connectivity index (χ1n) is 6.81. The normalized spacial score (nSPS) is 10.6. The van der Waals surface area contributed by atoms with E-state index in [9.17, 15) is 0 Å². The molecule has 0 saturated carbocycles. The summed E-state index contributed by atoms with van der Waals surface area (Å²) in [6, 6.07) is 11.8. The summed E-state index contributed by atoms with van der Waals surface area (Å²) in [6.07, 6.45) is 2.49. The van der Waals surface area contributed by atoms with Crippen LogP contribution in [-0.2, 0) is 6.42 Å². The molecule has 0 atom stereocenters. The van der Waals surface area contributed by atoms with Crippen molar-refractivity contribution < 1.29 is 0 Å². The Morgan fingerprint density at radius 1 is 1.23 bits per heavy atom. The van der Waals surface area contributed by atoms with E-state index in [4.69, 9.17) is 12.2 Å².